The number of carbonyl (C=O) groups excluding carboxylic acids is 2. The summed E-state index contributed by atoms with van der Waals surface area (Å²) in [5.74, 6) is 0.838. The summed E-state index contributed by atoms with van der Waals surface area (Å²) in [7, 11) is 1.48. The second kappa shape index (κ2) is 8.62. The first-order valence-corrected chi connectivity index (χ1v) is 10.3. The van der Waals surface area contributed by atoms with E-state index in [0.29, 0.717) is 71.1 Å². The van der Waals surface area contributed by atoms with Crippen molar-refractivity contribution in [1.29, 1.82) is 0 Å². The van der Waals surface area contributed by atoms with Gasteiger partial charge in [0.1, 0.15) is 25.0 Å². The highest BCUT2D eigenvalue weighted by Crippen LogP contribution is 2.38. The van der Waals surface area contributed by atoms with Gasteiger partial charge in [-0.2, -0.15) is 0 Å². The molecule has 0 radical (unpaired) electrons. The van der Waals surface area contributed by atoms with E-state index in [9.17, 15) is 9.59 Å². The number of anilines is 1. The number of ether oxygens (including phenoxy) is 3. The predicted molar refractivity (Wildman–Crippen MR) is 113 cm³/mol. The number of likely N-dealkylation sites (tertiary alicyclic amines) is 1. The zero-order chi connectivity index (χ0) is 21.3. The van der Waals surface area contributed by atoms with Crippen LogP contribution >= 0.6 is 23.2 Å². The van der Waals surface area contributed by atoms with Gasteiger partial charge in [-0.05, 0) is 31.0 Å². The number of hydrogen-bond acceptors (Lipinski definition) is 5. The molecule has 2 heterocycles. The number of hydrogen-bond donors (Lipinski definition) is 1. The molecule has 30 heavy (non-hydrogen) atoms. The lowest BCUT2D eigenvalue weighted by atomic mass is 10.1. The molecule has 2 amide bonds. The molecule has 158 valence electrons. The van der Waals surface area contributed by atoms with E-state index < -0.39 is 6.04 Å². The maximum Gasteiger partial charge on any atom is 0.258 e. The molecule has 4 rings (SSSR count). The number of nitrogens with one attached hydrogen (secondary N) is 1. The molecule has 2 aromatic carbocycles. The first kappa shape index (κ1) is 20.6. The van der Waals surface area contributed by atoms with Crippen molar-refractivity contribution in [3.63, 3.8) is 0 Å². The van der Waals surface area contributed by atoms with Crippen LogP contribution in [0.4, 0.5) is 5.69 Å². The van der Waals surface area contributed by atoms with Gasteiger partial charge in [-0.25, -0.2) is 0 Å². The summed E-state index contributed by atoms with van der Waals surface area (Å²) in [6, 6.07) is 7.44. The maximum absolute atomic E-state index is 13.1. The molecule has 2 aromatic rings. The zero-order valence-electron chi connectivity index (χ0n) is 16.2. The van der Waals surface area contributed by atoms with E-state index in [4.69, 9.17) is 37.4 Å². The Morgan fingerprint density at radius 1 is 1.13 bits per heavy atom. The minimum Gasteiger partial charge on any atom is -0.496 e. The van der Waals surface area contributed by atoms with Crippen LogP contribution in [0.3, 0.4) is 0 Å². The topological polar surface area (TPSA) is 77.1 Å². The van der Waals surface area contributed by atoms with E-state index in [-0.39, 0.29) is 11.8 Å². The highest BCUT2D eigenvalue weighted by atomic mass is 35.5. The SMILES string of the molecule is COc1ccc(Cl)cc1C(=O)N1CCCC1C(=O)Nc1cc2c(cc1Cl)OCCO2. The van der Waals surface area contributed by atoms with Crippen molar-refractivity contribution in [1.82, 2.24) is 4.90 Å². The van der Waals surface area contributed by atoms with Crippen molar-refractivity contribution >= 4 is 40.7 Å². The quantitative estimate of drug-likeness (QED) is 0.760. The number of halogens is 2. The number of nitrogens with zero attached hydrogens (tertiary/aromatic N) is 1. The summed E-state index contributed by atoms with van der Waals surface area (Å²) in [4.78, 5) is 27.7. The second-order valence-corrected chi connectivity index (χ2v) is 7.81. The molecule has 2 aliphatic heterocycles. The van der Waals surface area contributed by atoms with Gasteiger partial charge in [-0.3, -0.25) is 9.59 Å². The van der Waals surface area contributed by atoms with Crippen molar-refractivity contribution in [2.45, 2.75) is 18.9 Å². The van der Waals surface area contributed by atoms with Gasteiger partial charge in [0, 0.05) is 23.7 Å². The molecule has 1 atom stereocenters. The first-order chi connectivity index (χ1) is 14.5. The molecule has 0 saturated carbocycles. The predicted octanol–water partition coefficient (Wildman–Crippen LogP) is 4.02. The van der Waals surface area contributed by atoms with E-state index in [1.54, 1.807) is 30.3 Å². The van der Waals surface area contributed by atoms with Gasteiger partial charge < -0.3 is 24.4 Å². The molecule has 9 heteroatoms. The largest absolute Gasteiger partial charge is 0.496 e. The van der Waals surface area contributed by atoms with Crippen molar-refractivity contribution in [2.75, 3.05) is 32.2 Å². The van der Waals surface area contributed by atoms with E-state index in [2.05, 4.69) is 5.32 Å². The zero-order valence-corrected chi connectivity index (χ0v) is 17.8. The number of carbonyl (C=O) groups is 2. The Morgan fingerprint density at radius 2 is 1.87 bits per heavy atom. The van der Waals surface area contributed by atoms with Crippen LogP contribution in [0.1, 0.15) is 23.2 Å². The van der Waals surface area contributed by atoms with Crippen LogP contribution in [-0.4, -0.2) is 49.6 Å². The minimum absolute atomic E-state index is 0.305. The molecule has 7 nitrogen and oxygen atoms in total. The number of benzene rings is 2. The molecular weight excluding hydrogens is 431 g/mol. The summed E-state index contributed by atoms with van der Waals surface area (Å²) < 4.78 is 16.3. The van der Waals surface area contributed by atoms with Gasteiger partial charge in [-0.1, -0.05) is 23.2 Å². The Kier molecular flexibility index (Phi) is 5.92. The van der Waals surface area contributed by atoms with Crippen LogP contribution in [0.25, 0.3) is 0 Å². The van der Waals surface area contributed by atoms with Crippen LogP contribution < -0.4 is 19.5 Å². The molecule has 0 aliphatic carbocycles. The fraction of sp³-hybridized carbons (Fsp3) is 0.333. The van der Waals surface area contributed by atoms with Gasteiger partial charge in [-0.15, -0.1) is 0 Å². The molecule has 2 aliphatic rings. The van der Waals surface area contributed by atoms with E-state index in [1.165, 1.54) is 12.0 Å². The monoisotopic (exact) mass is 450 g/mol. The van der Waals surface area contributed by atoms with Crippen molar-refractivity contribution in [3.05, 3.63) is 45.9 Å². The number of fused-ring (bicyclic) bond motifs is 1. The molecule has 1 unspecified atom stereocenters. The first-order valence-electron chi connectivity index (χ1n) is 9.52. The molecule has 1 saturated heterocycles. The van der Waals surface area contributed by atoms with Crippen molar-refractivity contribution in [3.8, 4) is 17.2 Å². The molecule has 0 bridgehead atoms. The Bertz CT molecular complexity index is 998. The van der Waals surface area contributed by atoms with Gasteiger partial charge in [0.15, 0.2) is 11.5 Å². The molecule has 1 fully saturated rings. The fourth-order valence-electron chi connectivity index (χ4n) is 3.66. The van der Waals surface area contributed by atoms with Crippen molar-refractivity contribution in [2.24, 2.45) is 0 Å². The number of rotatable bonds is 4. The lowest BCUT2D eigenvalue weighted by Gasteiger charge is -2.25. The Morgan fingerprint density at radius 3 is 2.60 bits per heavy atom. The maximum atomic E-state index is 13.1. The molecule has 0 aromatic heterocycles. The van der Waals surface area contributed by atoms with E-state index >= 15 is 0 Å². The summed E-state index contributed by atoms with van der Waals surface area (Å²) in [6.45, 7) is 1.33. The number of amides is 2. The normalized spacial score (nSPS) is 17.6. The van der Waals surface area contributed by atoms with E-state index in [1.807, 2.05) is 0 Å². The van der Waals surface area contributed by atoms with E-state index in [0.717, 1.165) is 0 Å². The van der Waals surface area contributed by atoms with Crippen LogP contribution in [0, 0.1) is 0 Å². The summed E-state index contributed by atoms with van der Waals surface area (Å²) in [5.41, 5.74) is 0.729. The standard InChI is InChI=1S/C21H20Cl2N2O5/c1-28-17-5-4-12(22)9-13(17)21(27)25-6-2-3-16(25)20(26)24-15-11-19-18(10-14(15)23)29-7-8-30-19/h4-5,9-11,16H,2-3,6-8H2,1H3,(H,24,26). The lowest BCUT2D eigenvalue weighted by molar-refractivity contribution is -0.119. The summed E-state index contributed by atoms with van der Waals surface area (Å²) in [6.07, 6.45) is 1.25. The third kappa shape index (κ3) is 4.00. The van der Waals surface area contributed by atoms with Crippen LogP contribution in [0.15, 0.2) is 30.3 Å². The third-order valence-electron chi connectivity index (χ3n) is 5.10. The second-order valence-electron chi connectivity index (χ2n) is 6.97. The number of methoxy groups -OCH3 is 1. The van der Waals surface area contributed by atoms with Gasteiger partial charge in [0.25, 0.3) is 5.91 Å². The molecular formula is C21H20Cl2N2O5. The highest BCUT2D eigenvalue weighted by Gasteiger charge is 2.36. The minimum atomic E-state index is -0.634. The third-order valence-corrected chi connectivity index (χ3v) is 5.65. The van der Waals surface area contributed by atoms with Crippen LogP contribution in [0.5, 0.6) is 17.2 Å². The average molecular weight is 451 g/mol. The summed E-state index contributed by atoms with van der Waals surface area (Å²) >= 11 is 12.4. The summed E-state index contributed by atoms with van der Waals surface area (Å²) in [5, 5.41) is 3.57. The Hall–Kier alpha value is -2.64. The Labute approximate surface area is 183 Å². The van der Waals surface area contributed by atoms with Crippen LogP contribution in [-0.2, 0) is 4.79 Å². The van der Waals surface area contributed by atoms with Gasteiger partial charge in [0.2, 0.25) is 5.91 Å². The Balaban J connectivity index is 1.55. The lowest BCUT2D eigenvalue weighted by Crippen LogP contribution is -2.43. The molecule has 0 spiro atoms. The average Bonchev–Trinajstić information content (AvgIpc) is 3.23. The highest BCUT2D eigenvalue weighted by molar-refractivity contribution is 6.34. The van der Waals surface area contributed by atoms with Gasteiger partial charge >= 0.3 is 0 Å². The van der Waals surface area contributed by atoms with Crippen LogP contribution in [0.2, 0.25) is 10.0 Å². The molecule has 1 N–H and O–H groups in total. The van der Waals surface area contributed by atoms with Gasteiger partial charge in [0.05, 0.1) is 23.4 Å². The fourth-order valence-corrected chi connectivity index (χ4v) is 4.03. The smallest absolute Gasteiger partial charge is 0.258 e. The van der Waals surface area contributed by atoms with Crippen molar-refractivity contribution < 1.29 is 23.8 Å².